The number of carboxylic acids is 3. The van der Waals surface area contributed by atoms with E-state index in [1.54, 1.807) is 0 Å². The normalized spacial score (nSPS) is 10.3. The van der Waals surface area contributed by atoms with Crippen LogP contribution in [-0.2, 0) is 14.4 Å². The van der Waals surface area contributed by atoms with Crippen molar-refractivity contribution >= 4 is 96.1 Å². The van der Waals surface area contributed by atoms with Crippen molar-refractivity contribution in [2.45, 2.75) is 329 Å². The summed E-state index contributed by atoms with van der Waals surface area (Å²) in [4.78, 5) is 31.0. The largest absolute Gasteiger partial charge is 0.316 e. The Balaban J connectivity index is -0.000000189. The van der Waals surface area contributed by atoms with Gasteiger partial charge in [0.15, 0.2) is 17.4 Å². The molecule has 6 nitrogen and oxygen atoms in total. The first-order chi connectivity index (χ1) is 29.3. The van der Waals surface area contributed by atoms with Crippen molar-refractivity contribution in [2.75, 3.05) is 0 Å². The number of rotatable bonds is 48. The van der Waals surface area contributed by atoms with Gasteiger partial charge in [0.25, 0.3) is 0 Å². The number of hydrogen-bond donors (Lipinski definition) is 3. The first kappa shape index (κ1) is 75.5. The van der Waals surface area contributed by atoms with Gasteiger partial charge in [-0.2, -0.15) is 0 Å². The maximum absolute atomic E-state index is 10.3. The molecule has 0 aromatic rings. The topological polar surface area (TPSA) is 112 Å². The van der Waals surface area contributed by atoms with E-state index in [-0.39, 0.29) is 78.2 Å². The molecule has 0 radical (unpaired) electrons. The first-order valence-electron chi connectivity index (χ1n) is 27.0. The fourth-order valence-electron chi connectivity index (χ4n) is 7.94. The summed E-state index contributed by atoms with van der Waals surface area (Å²) >= 11 is 0. The molecule has 0 spiro atoms. The quantitative estimate of drug-likeness (QED) is 0.0414. The standard InChI is InChI=1S/3C18H36O2.Al.Ca.Mg.7H/c3*1-2-3-4-5-6-7-8-9-10-11-12-13-14-15-16-17-18(19)20;;;;;;;;;;/h3*2-17H2,1H3,(H,19,20);;;;;;;;;;. The van der Waals surface area contributed by atoms with Crippen LogP contribution >= 0.6 is 0 Å². The Morgan fingerprint density at radius 2 is 0.333 bits per heavy atom. The average molecular weight is 952 g/mol. The zero-order valence-corrected chi connectivity index (χ0v) is 41.0. The van der Waals surface area contributed by atoms with Gasteiger partial charge in [-0.25, -0.2) is 0 Å². The molecule has 0 unspecified atom stereocenters. The second-order valence-corrected chi connectivity index (χ2v) is 18.3. The average Bonchev–Trinajstić information content (AvgIpc) is 3.22. The number of hydrogen-bond acceptors (Lipinski definition) is 3. The Morgan fingerprint density at radius 3 is 0.429 bits per heavy atom. The molecular formula is C54H115AlCaMgO6. The van der Waals surface area contributed by atoms with Gasteiger partial charge < -0.3 is 15.3 Å². The second kappa shape index (κ2) is 72.0. The van der Waals surface area contributed by atoms with Gasteiger partial charge in [-0.3, -0.25) is 14.4 Å². The van der Waals surface area contributed by atoms with E-state index in [0.29, 0.717) is 19.3 Å². The Hall–Kier alpha value is 0.968. The van der Waals surface area contributed by atoms with Crippen LogP contribution in [-0.4, -0.2) is 111 Å². The fourth-order valence-corrected chi connectivity index (χ4v) is 7.94. The van der Waals surface area contributed by atoms with E-state index < -0.39 is 17.9 Å². The van der Waals surface area contributed by atoms with Crippen molar-refractivity contribution in [1.82, 2.24) is 0 Å². The van der Waals surface area contributed by atoms with Crippen molar-refractivity contribution < 1.29 is 29.7 Å². The van der Waals surface area contributed by atoms with Crippen LogP contribution in [0.5, 0.6) is 0 Å². The zero-order chi connectivity index (χ0) is 44.7. The Kier molecular flexibility index (Phi) is 86.2. The maximum Gasteiger partial charge on any atom is 0.316 e. The molecule has 0 saturated carbocycles. The predicted molar refractivity (Wildman–Crippen MR) is 289 cm³/mol. The van der Waals surface area contributed by atoms with E-state index in [1.807, 2.05) is 0 Å². The molecule has 0 aliphatic carbocycles. The minimum atomic E-state index is -0.653. The van der Waals surface area contributed by atoms with Gasteiger partial charge >= 0.3 is 78.7 Å². The molecule has 0 rings (SSSR count). The molecule has 0 aromatic heterocycles. The summed E-state index contributed by atoms with van der Waals surface area (Å²) in [5, 5.41) is 25.6. The summed E-state index contributed by atoms with van der Waals surface area (Å²) in [6.07, 6.45) is 60.6. The molecule has 374 valence electrons. The van der Waals surface area contributed by atoms with E-state index in [2.05, 4.69) is 20.8 Å². The van der Waals surface area contributed by atoms with Crippen LogP contribution in [0.3, 0.4) is 0 Å². The molecular weight excluding hydrogens is 836 g/mol. The van der Waals surface area contributed by atoms with Crippen molar-refractivity contribution in [2.24, 2.45) is 0 Å². The molecule has 0 fully saturated rings. The van der Waals surface area contributed by atoms with Crippen LogP contribution in [0.4, 0.5) is 0 Å². The smallest absolute Gasteiger partial charge is 0.316 e. The number of carbonyl (C=O) groups is 3. The molecule has 0 aromatic carbocycles. The third-order valence-corrected chi connectivity index (χ3v) is 12.0. The molecule has 0 saturated heterocycles. The van der Waals surface area contributed by atoms with E-state index >= 15 is 0 Å². The summed E-state index contributed by atoms with van der Waals surface area (Å²) in [5.41, 5.74) is 0. The molecule has 0 heterocycles. The van der Waals surface area contributed by atoms with Crippen molar-refractivity contribution in [3.05, 3.63) is 0 Å². The monoisotopic (exact) mass is 951 g/mol. The fraction of sp³-hybridized carbons (Fsp3) is 0.944. The minimum Gasteiger partial charge on any atom is 0.316 e. The van der Waals surface area contributed by atoms with Gasteiger partial charge in [0, 0.05) is 19.3 Å². The van der Waals surface area contributed by atoms with Gasteiger partial charge in [0.1, 0.15) is 0 Å². The molecule has 0 aliphatic heterocycles. The predicted octanol–water partition coefficient (Wildman–Crippen LogP) is 16.0. The van der Waals surface area contributed by atoms with E-state index in [4.69, 9.17) is 15.3 Å². The van der Waals surface area contributed by atoms with Gasteiger partial charge in [0.2, 0.25) is 0 Å². The Labute approximate surface area is 450 Å². The number of unbranched alkanes of at least 4 members (excludes halogenated alkanes) is 42. The van der Waals surface area contributed by atoms with Crippen molar-refractivity contribution in [3.8, 4) is 0 Å². The molecule has 9 heteroatoms. The molecule has 0 aliphatic rings. The first-order valence-corrected chi connectivity index (χ1v) is 27.0. The van der Waals surface area contributed by atoms with Crippen molar-refractivity contribution in [1.29, 1.82) is 0 Å². The van der Waals surface area contributed by atoms with Crippen LogP contribution in [0.25, 0.3) is 0 Å². The maximum atomic E-state index is 10.3. The molecule has 3 N–H and O–H groups in total. The third kappa shape index (κ3) is 86.7. The zero-order valence-electron chi connectivity index (χ0n) is 41.0. The summed E-state index contributed by atoms with van der Waals surface area (Å²) in [5.74, 6) is -1.96. The van der Waals surface area contributed by atoms with Gasteiger partial charge in [-0.1, -0.05) is 290 Å². The minimum absolute atomic E-state index is 0. The van der Waals surface area contributed by atoms with Crippen LogP contribution in [0.2, 0.25) is 0 Å². The summed E-state index contributed by atoms with van der Waals surface area (Å²) < 4.78 is 0. The van der Waals surface area contributed by atoms with Crippen LogP contribution in [0.1, 0.15) is 329 Å². The molecule has 0 bridgehead atoms. The summed E-state index contributed by atoms with van der Waals surface area (Å²) in [7, 11) is 0. The van der Waals surface area contributed by atoms with E-state index in [0.717, 1.165) is 38.5 Å². The Bertz CT molecular complexity index is 732. The van der Waals surface area contributed by atoms with Gasteiger partial charge in [-0.15, -0.1) is 0 Å². The van der Waals surface area contributed by atoms with E-state index in [9.17, 15) is 14.4 Å². The van der Waals surface area contributed by atoms with E-state index in [1.165, 1.54) is 250 Å². The Morgan fingerprint density at radius 1 is 0.238 bits per heavy atom. The van der Waals surface area contributed by atoms with Crippen LogP contribution in [0.15, 0.2) is 0 Å². The number of carboxylic acid groups (broad SMARTS) is 3. The van der Waals surface area contributed by atoms with Crippen LogP contribution < -0.4 is 0 Å². The van der Waals surface area contributed by atoms with Crippen LogP contribution in [0, 0.1) is 0 Å². The molecule has 63 heavy (non-hydrogen) atoms. The van der Waals surface area contributed by atoms with Crippen molar-refractivity contribution in [3.63, 3.8) is 0 Å². The summed E-state index contributed by atoms with van der Waals surface area (Å²) in [6, 6.07) is 0. The SMILES string of the molecule is CCCCCCCCCCCCCCCCCC(=O)O.CCCCCCCCCCCCCCCCCC(=O)O.CCCCCCCCCCCCCCCCCC(=O)O.[AlH3].[CaH2].[MgH2]. The summed E-state index contributed by atoms with van der Waals surface area (Å²) in [6.45, 7) is 6.81. The molecule has 0 amide bonds. The number of aliphatic carboxylic acids is 3. The molecule has 0 atom stereocenters. The van der Waals surface area contributed by atoms with Gasteiger partial charge in [-0.05, 0) is 19.3 Å². The third-order valence-electron chi connectivity index (χ3n) is 12.0. The van der Waals surface area contributed by atoms with Gasteiger partial charge in [0.05, 0.1) is 0 Å². The second-order valence-electron chi connectivity index (χ2n) is 18.3.